The SMILES string of the molecule is CCCc1nc(Br)cc(N(C)CC(=O)N2CCCC2)n1. The highest BCUT2D eigenvalue weighted by Crippen LogP contribution is 2.17. The Morgan fingerprint density at radius 2 is 2.10 bits per heavy atom. The standard InChI is InChI=1S/C14H21BrN4O/c1-3-6-12-16-11(15)9-13(17-12)18(2)10-14(20)19-7-4-5-8-19/h9H,3-8,10H2,1-2H3. The molecular formula is C14H21BrN4O. The van der Waals surface area contributed by atoms with Crippen LogP contribution in [-0.4, -0.2) is 47.5 Å². The van der Waals surface area contributed by atoms with Crippen molar-refractivity contribution in [1.29, 1.82) is 0 Å². The molecule has 2 rings (SSSR count). The Hall–Kier alpha value is -1.17. The molecule has 1 amide bonds. The Morgan fingerprint density at radius 3 is 2.75 bits per heavy atom. The van der Waals surface area contributed by atoms with Crippen molar-refractivity contribution in [3.63, 3.8) is 0 Å². The first kappa shape index (κ1) is 15.2. The molecule has 1 aliphatic heterocycles. The average Bonchev–Trinajstić information content (AvgIpc) is 2.92. The number of aryl methyl sites for hydroxylation is 1. The first-order chi connectivity index (χ1) is 9.60. The number of likely N-dealkylation sites (tertiary alicyclic amines) is 1. The summed E-state index contributed by atoms with van der Waals surface area (Å²) in [7, 11) is 1.90. The molecule has 0 unspecified atom stereocenters. The van der Waals surface area contributed by atoms with E-state index in [9.17, 15) is 4.79 Å². The van der Waals surface area contributed by atoms with Crippen LogP contribution in [0.25, 0.3) is 0 Å². The fourth-order valence-electron chi connectivity index (χ4n) is 2.33. The van der Waals surface area contributed by atoms with Gasteiger partial charge in [-0.15, -0.1) is 0 Å². The minimum Gasteiger partial charge on any atom is -0.350 e. The van der Waals surface area contributed by atoms with E-state index < -0.39 is 0 Å². The number of nitrogens with zero attached hydrogens (tertiary/aromatic N) is 4. The minimum absolute atomic E-state index is 0.178. The van der Waals surface area contributed by atoms with Gasteiger partial charge in [-0.3, -0.25) is 4.79 Å². The quantitative estimate of drug-likeness (QED) is 0.771. The van der Waals surface area contributed by atoms with Crippen LogP contribution in [0.5, 0.6) is 0 Å². The third-order valence-corrected chi connectivity index (χ3v) is 3.83. The van der Waals surface area contributed by atoms with E-state index in [0.29, 0.717) is 6.54 Å². The smallest absolute Gasteiger partial charge is 0.242 e. The molecule has 1 aliphatic rings. The number of likely N-dealkylation sites (N-methyl/N-ethyl adjacent to an activating group) is 1. The Kier molecular flexibility index (Phi) is 5.34. The molecule has 2 heterocycles. The van der Waals surface area contributed by atoms with Crippen LogP contribution < -0.4 is 4.90 Å². The lowest BCUT2D eigenvalue weighted by Gasteiger charge is -2.22. The molecule has 5 nitrogen and oxygen atoms in total. The normalized spacial score (nSPS) is 14.7. The summed E-state index contributed by atoms with van der Waals surface area (Å²) in [5, 5.41) is 0. The van der Waals surface area contributed by atoms with Crippen molar-refractivity contribution in [2.24, 2.45) is 0 Å². The number of rotatable bonds is 5. The van der Waals surface area contributed by atoms with E-state index in [0.717, 1.165) is 55.0 Å². The van der Waals surface area contributed by atoms with Crippen LogP contribution in [0.4, 0.5) is 5.82 Å². The summed E-state index contributed by atoms with van der Waals surface area (Å²) in [5.41, 5.74) is 0. The van der Waals surface area contributed by atoms with E-state index in [-0.39, 0.29) is 5.91 Å². The molecular weight excluding hydrogens is 320 g/mol. The van der Waals surface area contributed by atoms with E-state index in [1.807, 2.05) is 22.9 Å². The number of aromatic nitrogens is 2. The first-order valence-corrected chi connectivity index (χ1v) is 7.92. The van der Waals surface area contributed by atoms with Gasteiger partial charge in [-0.25, -0.2) is 9.97 Å². The molecule has 0 N–H and O–H groups in total. The highest BCUT2D eigenvalue weighted by Gasteiger charge is 2.20. The molecule has 1 aromatic heterocycles. The topological polar surface area (TPSA) is 49.3 Å². The van der Waals surface area contributed by atoms with Crippen LogP contribution in [0.15, 0.2) is 10.7 Å². The second kappa shape index (κ2) is 7.02. The summed E-state index contributed by atoms with van der Waals surface area (Å²) in [5.74, 6) is 1.79. The molecule has 6 heteroatoms. The molecule has 1 saturated heterocycles. The number of halogens is 1. The lowest BCUT2D eigenvalue weighted by Crippen LogP contribution is -2.37. The third kappa shape index (κ3) is 3.91. The number of hydrogen-bond acceptors (Lipinski definition) is 4. The maximum Gasteiger partial charge on any atom is 0.242 e. The second-order valence-corrected chi connectivity index (χ2v) is 5.97. The molecule has 0 saturated carbocycles. The molecule has 0 atom stereocenters. The largest absolute Gasteiger partial charge is 0.350 e. The maximum absolute atomic E-state index is 12.2. The van der Waals surface area contributed by atoms with E-state index in [2.05, 4.69) is 32.8 Å². The van der Waals surface area contributed by atoms with Crippen LogP contribution in [0.1, 0.15) is 32.0 Å². The fourth-order valence-corrected chi connectivity index (χ4v) is 2.74. The number of carbonyl (C=O) groups excluding carboxylic acids is 1. The Labute approximate surface area is 128 Å². The average molecular weight is 341 g/mol. The van der Waals surface area contributed by atoms with Crippen molar-refractivity contribution in [2.45, 2.75) is 32.6 Å². The molecule has 0 spiro atoms. The van der Waals surface area contributed by atoms with Crippen LogP contribution in [0.2, 0.25) is 0 Å². The van der Waals surface area contributed by atoms with Gasteiger partial charge in [0, 0.05) is 32.6 Å². The first-order valence-electron chi connectivity index (χ1n) is 7.12. The summed E-state index contributed by atoms with van der Waals surface area (Å²) in [6, 6.07) is 1.86. The molecule has 0 aromatic carbocycles. The predicted molar refractivity (Wildman–Crippen MR) is 82.8 cm³/mol. The van der Waals surface area contributed by atoms with Crippen molar-refractivity contribution in [3.05, 3.63) is 16.5 Å². The molecule has 0 aliphatic carbocycles. The van der Waals surface area contributed by atoms with Gasteiger partial charge < -0.3 is 9.80 Å². The molecule has 0 bridgehead atoms. The highest BCUT2D eigenvalue weighted by atomic mass is 79.9. The lowest BCUT2D eigenvalue weighted by atomic mass is 10.3. The number of anilines is 1. The van der Waals surface area contributed by atoms with E-state index in [1.165, 1.54) is 0 Å². The minimum atomic E-state index is 0.178. The summed E-state index contributed by atoms with van der Waals surface area (Å²) < 4.78 is 0.770. The zero-order valence-electron chi connectivity index (χ0n) is 12.1. The zero-order chi connectivity index (χ0) is 14.5. The van der Waals surface area contributed by atoms with Gasteiger partial charge in [0.1, 0.15) is 16.2 Å². The van der Waals surface area contributed by atoms with Gasteiger partial charge in [0.25, 0.3) is 0 Å². The van der Waals surface area contributed by atoms with E-state index in [4.69, 9.17) is 0 Å². The highest BCUT2D eigenvalue weighted by molar-refractivity contribution is 9.10. The van der Waals surface area contributed by atoms with Crippen molar-refractivity contribution in [2.75, 3.05) is 31.6 Å². The van der Waals surface area contributed by atoms with Gasteiger partial charge in [-0.05, 0) is 35.2 Å². The van der Waals surface area contributed by atoms with Crippen molar-refractivity contribution in [3.8, 4) is 0 Å². The number of carbonyl (C=O) groups is 1. The third-order valence-electron chi connectivity index (χ3n) is 3.42. The van der Waals surface area contributed by atoms with E-state index in [1.54, 1.807) is 0 Å². The van der Waals surface area contributed by atoms with Gasteiger partial charge in [-0.2, -0.15) is 0 Å². The monoisotopic (exact) mass is 340 g/mol. The van der Waals surface area contributed by atoms with Gasteiger partial charge >= 0.3 is 0 Å². The predicted octanol–water partition coefficient (Wildman–Crippen LogP) is 2.25. The Bertz CT molecular complexity index is 474. The van der Waals surface area contributed by atoms with E-state index >= 15 is 0 Å². The van der Waals surface area contributed by atoms with Gasteiger partial charge in [0.2, 0.25) is 5.91 Å². The molecule has 1 fully saturated rings. The van der Waals surface area contributed by atoms with Gasteiger partial charge in [-0.1, -0.05) is 6.92 Å². The van der Waals surface area contributed by atoms with Crippen molar-refractivity contribution >= 4 is 27.7 Å². The second-order valence-electron chi connectivity index (χ2n) is 5.16. The van der Waals surface area contributed by atoms with Crippen LogP contribution in [-0.2, 0) is 11.2 Å². The molecule has 0 radical (unpaired) electrons. The summed E-state index contributed by atoms with van der Waals surface area (Å²) in [6.45, 7) is 4.25. The van der Waals surface area contributed by atoms with Crippen LogP contribution in [0.3, 0.4) is 0 Å². The van der Waals surface area contributed by atoms with Crippen molar-refractivity contribution in [1.82, 2.24) is 14.9 Å². The zero-order valence-corrected chi connectivity index (χ0v) is 13.7. The summed E-state index contributed by atoms with van der Waals surface area (Å²) in [6.07, 6.45) is 4.09. The maximum atomic E-state index is 12.2. The molecule has 20 heavy (non-hydrogen) atoms. The Balaban J connectivity index is 2.04. The Morgan fingerprint density at radius 1 is 1.40 bits per heavy atom. The molecule has 1 aromatic rings. The van der Waals surface area contributed by atoms with Crippen molar-refractivity contribution < 1.29 is 4.79 Å². The van der Waals surface area contributed by atoms with Crippen LogP contribution >= 0.6 is 15.9 Å². The number of amides is 1. The number of hydrogen-bond donors (Lipinski definition) is 0. The lowest BCUT2D eigenvalue weighted by molar-refractivity contribution is -0.128. The summed E-state index contributed by atoms with van der Waals surface area (Å²) in [4.78, 5) is 24.8. The van der Waals surface area contributed by atoms with Crippen LogP contribution in [0, 0.1) is 0 Å². The van der Waals surface area contributed by atoms with Gasteiger partial charge in [0.05, 0.1) is 6.54 Å². The summed E-state index contributed by atoms with van der Waals surface area (Å²) >= 11 is 3.41. The molecule has 110 valence electrons. The van der Waals surface area contributed by atoms with Gasteiger partial charge in [0.15, 0.2) is 0 Å². The fraction of sp³-hybridized carbons (Fsp3) is 0.643.